The lowest BCUT2D eigenvalue weighted by molar-refractivity contribution is -0.136. The van der Waals surface area contributed by atoms with E-state index in [1.807, 2.05) is 0 Å². The van der Waals surface area contributed by atoms with E-state index in [4.69, 9.17) is 4.74 Å². The predicted molar refractivity (Wildman–Crippen MR) is 155 cm³/mol. The molecule has 10 heteroatoms. The van der Waals surface area contributed by atoms with Crippen molar-refractivity contribution in [3.63, 3.8) is 0 Å². The maximum Gasteiger partial charge on any atom is 0.311 e. The average molecular weight is 576 g/mol. The molecule has 1 aliphatic rings. The smallest absolute Gasteiger partial charge is 0.311 e. The van der Waals surface area contributed by atoms with Gasteiger partial charge in [-0.3, -0.25) is 13.9 Å². The second-order valence-electron chi connectivity index (χ2n) is 9.90. The van der Waals surface area contributed by atoms with Crippen molar-refractivity contribution in [1.82, 2.24) is 9.29 Å². The summed E-state index contributed by atoms with van der Waals surface area (Å²) >= 11 is 1.12. The van der Waals surface area contributed by atoms with Crippen molar-refractivity contribution < 1.29 is 22.7 Å². The zero-order chi connectivity index (χ0) is 28.1. The number of nitrogens with zero attached hydrogens (tertiary/aromatic N) is 2. The summed E-state index contributed by atoms with van der Waals surface area (Å²) in [5, 5.41) is 4.21. The summed E-state index contributed by atoms with van der Waals surface area (Å²) in [6.07, 6.45) is 17.4. The molecule has 1 N–H and O–H groups in total. The van der Waals surface area contributed by atoms with Gasteiger partial charge in [0, 0.05) is 19.7 Å². The van der Waals surface area contributed by atoms with Gasteiger partial charge in [-0.15, -0.1) is 11.3 Å². The van der Waals surface area contributed by atoms with Gasteiger partial charge in [-0.05, 0) is 30.0 Å². The van der Waals surface area contributed by atoms with Crippen LogP contribution in [-0.2, 0) is 24.3 Å². The summed E-state index contributed by atoms with van der Waals surface area (Å²) in [6, 6.07) is 6.45. The lowest BCUT2D eigenvalue weighted by Crippen LogP contribution is -2.37. The number of rotatable bonds is 17. The zero-order valence-corrected chi connectivity index (χ0v) is 24.7. The Hall–Kier alpha value is -2.72. The fourth-order valence-corrected chi connectivity index (χ4v) is 7.17. The van der Waals surface area contributed by atoms with Crippen LogP contribution in [0, 0.1) is 0 Å². The van der Waals surface area contributed by atoms with E-state index in [9.17, 15) is 18.0 Å². The Morgan fingerprint density at radius 1 is 0.923 bits per heavy atom. The number of hydrogen-bond donors (Lipinski definition) is 1. The van der Waals surface area contributed by atoms with Crippen LogP contribution >= 0.6 is 11.3 Å². The first-order chi connectivity index (χ1) is 18.9. The molecule has 0 saturated heterocycles. The van der Waals surface area contributed by atoms with Crippen LogP contribution in [-0.4, -0.2) is 36.6 Å². The van der Waals surface area contributed by atoms with Crippen molar-refractivity contribution in [2.75, 3.05) is 12.4 Å². The minimum atomic E-state index is -3.96. The van der Waals surface area contributed by atoms with Crippen LogP contribution in [0.3, 0.4) is 0 Å². The number of anilines is 1. The number of aromatic nitrogens is 1. The summed E-state index contributed by atoms with van der Waals surface area (Å²) < 4.78 is 32.6. The molecule has 2 aromatic rings. The van der Waals surface area contributed by atoms with Gasteiger partial charge < -0.3 is 10.1 Å². The summed E-state index contributed by atoms with van der Waals surface area (Å²) in [7, 11) is -2.68. The lowest BCUT2D eigenvalue weighted by Gasteiger charge is -2.28. The van der Waals surface area contributed by atoms with Gasteiger partial charge in [-0.2, -0.15) is 0 Å². The first kappa shape index (κ1) is 30.8. The molecular formula is C29H41N3O5S2. The molecule has 1 aliphatic heterocycles. The molecule has 214 valence electrons. The topological polar surface area (TPSA) is 106 Å². The molecule has 0 unspecified atom stereocenters. The Labute approximate surface area is 236 Å². The minimum absolute atomic E-state index is 0.0214. The summed E-state index contributed by atoms with van der Waals surface area (Å²) in [5.41, 5.74) is -0.241. The molecule has 0 aromatic carbocycles. The third-order valence-electron chi connectivity index (χ3n) is 6.83. The molecule has 39 heavy (non-hydrogen) atoms. The standard InChI is InChI=1S/C29H41N3O5S2/c1-3-4-5-6-7-8-9-10-11-12-13-14-15-19-25(33)37-27-26(29(34)31-24-18-16-17-21-30-24)32(2)39(35,36)23-20-22-38-28(23)27/h16-18,20-22H,3-15,19H2,1-2H3,(H,30,31,34). The van der Waals surface area contributed by atoms with E-state index in [-0.39, 0.29) is 33.5 Å². The maximum absolute atomic E-state index is 13.2. The number of nitrogens with one attached hydrogen (secondary N) is 1. The number of carbonyl (C=O) groups is 2. The van der Waals surface area contributed by atoms with E-state index >= 15 is 0 Å². The molecule has 3 heterocycles. The van der Waals surface area contributed by atoms with Crippen molar-refractivity contribution in [3.05, 3.63) is 46.4 Å². The van der Waals surface area contributed by atoms with Gasteiger partial charge in [0.05, 0.1) is 4.88 Å². The van der Waals surface area contributed by atoms with Crippen LogP contribution in [0.15, 0.2) is 46.4 Å². The number of esters is 1. The molecule has 0 radical (unpaired) electrons. The van der Waals surface area contributed by atoms with E-state index < -0.39 is 21.9 Å². The van der Waals surface area contributed by atoms with E-state index in [2.05, 4.69) is 17.2 Å². The summed E-state index contributed by atoms with van der Waals surface area (Å²) in [5.74, 6) is -0.980. The maximum atomic E-state index is 13.2. The second-order valence-corrected chi connectivity index (χ2v) is 12.8. The van der Waals surface area contributed by atoms with E-state index in [0.29, 0.717) is 6.42 Å². The number of likely N-dealkylation sites (N-methyl/N-ethyl adjacent to an activating group) is 1. The van der Waals surface area contributed by atoms with Gasteiger partial charge in [-0.25, -0.2) is 13.4 Å². The number of carbonyl (C=O) groups excluding carboxylic acids is 2. The van der Waals surface area contributed by atoms with Crippen molar-refractivity contribution in [1.29, 1.82) is 0 Å². The van der Waals surface area contributed by atoms with Crippen LogP contribution in [0.1, 0.15) is 102 Å². The van der Waals surface area contributed by atoms with Crippen LogP contribution in [0.4, 0.5) is 5.82 Å². The van der Waals surface area contributed by atoms with Crippen LogP contribution < -0.4 is 5.32 Å². The number of hydrogen-bond acceptors (Lipinski definition) is 7. The summed E-state index contributed by atoms with van der Waals surface area (Å²) in [6.45, 7) is 2.24. The molecule has 0 spiro atoms. The van der Waals surface area contributed by atoms with Crippen molar-refractivity contribution in [2.45, 2.75) is 102 Å². The predicted octanol–water partition coefficient (Wildman–Crippen LogP) is 7.11. The normalized spacial score (nSPS) is 14.3. The molecule has 0 aliphatic carbocycles. The Morgan fingerprint density at radius 3 is 2.13 bits per heavy atom. The number of unbranched alkanes of at least 4 members (excludes halogenated alkanes) is 12. The zero-order valence-electron chi connectivity index (χ0n) is 23.1. The minimum Gasteiger partial charge on any atom is -0.422 e. The highest BCUT2D eigenvalue weighted by Gasteiger charge is 2.40. The SMILES string of the molecule is CCCCCCCCCCCCCCCC(=O)OC1=C(C(=O)Nc2ccccn2)N(C)S(=O)(=O)c2ccsc21. The number of sulfonamides is 1. The largest absolute Gasteiger partial charge is 0.422 e. The second kappa shape index (κ2) is 15.8. The fourth-order valence-electron chi connectivity index (χ4n) is 4.59. The number of fused-ring (bicyclic) bond motifs is 1. The Morgan fingerprint density at radius 2 is 1.54 bits per heavy atom. The van der Waals surface area contributed by atoms with Crippen molar-refractivity contribution in [2.24, 2.45) is 0 Å². The molecule has 1 amide bonds. The third kappa shape index (κ3) is 8.89. The summed E-state index contributed by atoms with van der Waals surface area (Å²) in [4.78, 5) is 30.3. The van der Waals surface area contributed by atoms with Gasteiger partial charge >= 0.3 is 5.97 Å². The molecule has 3 rings (SSSR count). The monoisotopic (exact) mass is 575 g/mol. The third-order valence-corrected chi connectivity index (χ3v) is 9.67. The van der Waals surface area contributed by atoms with Gasteiger partial charge in [0.15, 0.2) is 11.5 Å². The first-order valence-corrected chi connectivity index (χ1v) is 16.4. The van der Waals surface area contributed by atoms with Gasteiger partial charge in [-0.1, -0.05) is 90.0 Å². The van der Waals surface area contributed by atoms with E-state index in [1.54, 1.807) is 23.6 Å². The number of thiophene rings is 1. The van der Waals surface area contributed by atoms with Crippen molar-refractivity contribution >= 4 is 44.8 Å². The number of pyridine rings is 1. The average Bonchev–Trinajstić information content (AvgIpc) is 3.42. The van der Waals surface area contributed by atoms with Crippen LogP contribution in [0.5, 0.6) is 0 Å². The number of amides is 1. The highest BCUT2D eigenvalue weighted by molar-refractivity contribution is 7.89. The Kier molecular flexibility index (Phi) is 12.5. The molecule has 0 bridgehead atoms. The highest BCUT2D eigenvalue weighted by Crippen LogP contribution is 2.40. The molecule has 0 saturated carbocycles. The molecule has 2 aromatic heterocycles. The molecule has 8 nitrogen and oxygen atoms in total. The van der Waals surface area contributed by atoms with Gasteiger partial charge in [0.25, 0.3) is 15.9 Å². The van der Waals surface area contributed by atoms with Crippen LogP contribution in [0.2, 0.25) is 0 Å². The first-order valence-electron chi connectivity index (χ1n) is 14.1. The molecular weight excluding hydrogens is 534 g/mol. The number of ether oxygens (including phenoxy) is 1. The Bertz CT molecular complexity index is 1210. The van der Waals surface area contributed by atoms with Crippen molar-refractivity contribution in [3.8, 4) is 0 Å². The molecule has 0 atom stereocenters. The lowest BCUT2D eigenvalue weighted by atomic mass is 10.0. The fraction of sp³-hybridized carbons (Fsp3) is 0.552. The van der Waals surface area contributed by atoms with Gasteiger partial charge in [0.1, 0.15) is 10.7 Å². The van der Waals surface area contributed by atoms with E-state index in [0.717, 1.165) is 34.9 Å². The van der Waals surface area contributed by atoms with Crippen LogP contribution in [0.25, 0.3) is 5.76 Å². The quantitative estimate of drug-likeness (QED) is 0.159. The Balaban J connectivity index is 1.50. The van der Waals surface area contributed by atoms with E-state index in [1.165, 1.54) is 77.1 Å². The molecule has 0 fully saturated rings. The highest BCUT2D eigenvalue weighted by atomic mass is 32.2. The van der Waals surface area contributed by atoms with Gasteiger partial charge in [0.2, 0.25) is 0 Å².